The predicted molar refractivity (Wildman–Crippen MR) is 72.5 cm³/mol. The monoisotopic (exact) mass is 306 g/mol. The molecule has 3 aromatic rings. The molecule has 0 radical (unpaired) electrons. The number of amides is 1. The maximum Gasteiger partial charge on any atom is 0.341 e. The van der Waals surface area contributed by atoms with E-state index in [-0.39, 0.29) is 16.8 Å². The van der Waals surface area contributed by atoms with E-state index in [0.29, 0.717) is 11.4 Å². The summed E-state index contributed by atoms with van der Waals surface area (Å²) in [5.74, 6) is -0.760. The van der Waals surface area contributed by atoms with Crippen LogP contribution in [0.3, 0.4) is 0 Å². The van der Waals surface area contributed by atoms with Gasteiger partial charge in [0.25, 0.3) is 5.91 Å². The Morgan fingerprint density at radius 2 is 2.05 bits per heavy atom. The molecule has 21 heavy (non-hydrogen) atoms. The van der Waals surface area contributed by atoms with Gasteiger partial charge in [-0.15, -0.1) is 5.10 Å². The maximum absolute atomic E-state index is 12.8. The Morgan fingerprint density at radius 1 is 1.29 bits per heavy atom. The standard InChI is InChI=1S/C11H7FN6O2S/c12-6-3-1-5(2-4-6)7-14-11(21-18-7)15-9(19)8-13-10(20)17-16-8/h1-4H,(H2,13,16,17,20)(H,14,15,18,19). The molecule has 0 spiro atoms. The molecule has 0 saturated carbocycles. The quantitative estimate of drug-likeness (QED) is 0.667. The molecule has 3 N–H and O–H groups in total. The number of carbonyl (C=O) groups excluding carboxylic acids is 1. The van der Waals surface area contributed by atoms with Crippen molar-refractivity contribution in [2.75, 3.05) is 5.32 Å². The summed E-state index contributed by atoms with van der Waals surface area (Å²) in [6.45, 7) is 0. The average Bonchev–Trinajstić information content (AvgIpc) is 3.09. The molecule has 0 aliphatic heterocycles. The summed E-state index contributed by atoms with van der Waals surface area (Å²) in [6.07, 6.45) is 0. The maximum atomic E-state index is 12.8. The third-order valence-electron chi connectivity index (χ3n) is 2.47. The number of H-pyrrole nitrogens is 2. The zero-order chi connectivity index (χ0) is 14.8. The number of nitrogens with one attached hydrogen (secondary N) is 3. The van der Waals surface area contributed by atoms with Crippen LogP contribution < -0.4 is 11.0 Å². The zero-order valence-corrected chi connectivity index (χ0v) is 11.1. The van der Waals surface area contributed by atoms with Crippen LogP contribution in [0.2, 0.25) is 0 Å². The van der Waals surface area contributed by atoms with Crippen LogP contribution >= 0.6 is 11.5 Å². The molecule has 0 atom stereocenters. The topological polar surface area (TPSA) is 116 Å². The summed E-state index contributed by atoms with van der Waals surface area (Å²) in [6, 6.07) is 5.66. The van der Waals surface area contributed by atoms with Gasteiger partial charge in [0.1, 0.15) is 5.82 Å². The molecule has 0 unspecified atom stereocenters. The number of hydrogen-bond donors (Lipinski definition) is 3. The number of carbonyl (C=O) groups is 1. The van der Waals surface area contributed by atoms with Gasteiger partial charge in [-0.2, -0.15) is 9.36 Å². The highest BCUT2D eigenvalue weighted by Crippen LogP contribution is 2.21. The Morgan fingerprint density at radius 3 is 2.71 bits per heavy atom. The zero-order valence-electron chi connectivity index (χ0n) is 10.3. The minimum absolute atomic E-state index is 0.154. The van der Waals surface area contributed by atoms with Crippen molar-refractivity contribution in [1.29, 1.82) is 0 Å². The van der Waals surface area contributed by atoms with Gasteiger partial charge in [-0.3, -0.25) is 15.1 Å². The molecule has 2 heterocycles. The van der Waals surface area contributed by atoms with E-state index >= 15 is 0 Å². The van der Waals surface area contributed by atoms with E-state index in [2.05, 4.69) is 29.9 Å². The second-order valence-corrected chi connectivity index (χ2v) is 4.66. The van der Waals surface area contributed by atoms with E-state index in [1.165, 1.54) is 24.3 Å². The Kier molecular flexibility index (Phi) is 3.28. The fourth-order valence-electron chi connectivity index (χ4n) is 1.52. The van der Waals surface area contributed by atoms with Crippen LogP contribution in [0.4, 0.5) is 9.52 Å². The molecule has 8 nitrogen and oxygen atoms in total. The molecular weight excluding hydrogens is 299 g/mol. The Labute approximate surface area is 120 Å². The lowest BCUT2D eigenvalue weighted by Gasteiger charge is -1.96. The molecule has 0 bridgehead atoms. The van der Waals surface area contributed by atoms with Crippen LogP contribution in [0.15, 0.2) is 29.1 Å². The van der Waals surface area contributed by atoms with Gasteiger partial charge >= 0.3 is 5.69 Å². The highest BCUT2D eigenvalue weighted by Gasteiger charge is 2.13. The number of rotatable bonds is 3. The van der Waals surface area contributed by atoms with Crippen molar-refractivity contribution in [3.63, 3.8) is 0 Å². The number of hydrogen-bond acceptors (Lipinski definition) is 6. The van der Waals surface area contributed by atoms with Gasteiger partial charge in [0, 0.05) is 17.1 Å². The number of halogens is 1. The molecular formula is C11H7FN6O2S. The summed E-state index contributed by atoms with van der Waals surface area (Å²) in [4.78, 5) is 28.9. The SMILES string of the molecule is O=C(Nc1nc(-c2ccc(F)cc2)ns1)c1n[nH]c(=O)[nH]1. The number of benzene rings is 1. The third-order valence-corrected chi connectivity index (χ3v) is 3.10. The van der Waals surface area contributed by atoms with E-state index in [1.54, 1.807) is 0 Å². The highest BCUT2D eigenvalue weighted by atomic mass is 32.1. The molecule has 1 amide bonds. The van der Waals surface area contributed by atoms with Crippen LogP contribution in [0.5, 0.6) is 0 Å². The number of anilines is 1. The predicted octanol–water partition coefficient (Wildman–Crippen LogP) is 1.01. The molecule has 0 fully saturated rings. The second-order valence-electron chi connectivity index (χ2n) is 3.91. The van der Waals surface area contributed by atoms with Crippen LogP contribution in [0.25, 0.3) is 11.4 Å². The third kappa shape index (κ3) is 2.84. The number of aromatic amines is 2. The van der Waals surface area contributed by atoms with Gasteiger partial charge in [0.2, 0.25) is 11.0 Å². The summed E-state index contributed by atoms with van der Waals surface area (Å²) < 4.78 is 16.9. The molecule has 0 saturated heterocycles. The van der Waals surface area contributed by atoms with Gasteiger partial charge in [0.05, 0.1) is 0 Å². The Bertz CT molecular complexity index is 837. The van der Waals surface area contributed by atoms with Crippen molar-refractivity contribution < 1.29 is 9.18 Å². The summed E-state index contributed by atoms with van der Waals surface area (Å²) in [5.41, 5.74) is 0.0470. The minimum atomic E-state index is -0.616. The number of aromatic nitrogens is 5. The normalized spacial score (nSPS) is 10.5. The largest absolute Gasteiger partial charge is 0.341 e. The van der Waals surface area contributed by atoms with Crippen molar-refractivity contribution in [3.8, 4) is 11.4 Å². The molecule has 0 aliphatic rings. The molecule has 2 aromatic heterocycles. The molecule has 3 rings (SSSR count). The Hall–Kier alpha value is -2.88. The number of nitrogens with zero attached hydrogens (tertiary/aromatic N) is 3. The first-order valence-electron chi connectivity index (χ1n) is 5.67. The molecule has 10 heteroatoms. The van der Waals surface area contributed by atoms with Gasteiger partial charge < -0.3 is 0 Å². The second kappa shape index (κ2) is 5.25. The van der Waals surface area contributed by atoms with Gasteiger partial charge in [-0.25, -0.2) is 14.3 Å². The van der Waals surface area contributed by atoms with E-state index < -0.39 is 11.6 Å². The lowest BCUT2D eigenvalue weighted by Crippen LogP contribution is -2.14. The van der Waals surface area contributed by atoms with Gasteiger partial charge in [0.15, 0.2) is 5.82 Å². The summed E-state index contributed by atoms with van der Waals surface area (Å²) in [5, 5.41) is 8.27. The van der Waals surface area contributed by atoms with Crippen LogP contribution in [-0.4, -0.2) is 30.4 Å². The smallest absolute Gasteiger partial charge is 0.294 e. The fraction of sp³-hybridized carbons (Fsp3) is 0. The highest BCUT2D eigenvalue weighted by molar-refractivity contribution is 7.10. The van der Waals surface area contributed by atoms with E-state index in [1.807, 2.05) is 0 Å². The van der Waals surface area contributed by atoms with Crippen LogP contribution in [-0.2, 0) is 0 Å². The van der Waals surface area contributed by atoms with Crippen molar-refractivity contribution in [2.45, 2.75) is 0 Å². The van der Waals surface area contributed by atoms with Crippen LogP contribution in [0, 0.1) is 5.82 Å². The van der Waals surface area contributed by atoms with E-state index in [4.69, 9.17) is 0 Å². The van der Waals surface area contributed by atoms with Crippen molar-refractivity contribution in [1.82, 2.24) is 24.5 Å². The Balaban J connectivity index is 1.77. The lowest BCUT2D eigenvalue weighted by atomic mass is 10.2. The fourth-order valence-corrected chi connectivity index (χ4v) is 2.11. The average molecular weight is 306 g/mol. The summed E-state index contributed by atoms with van der Waals surface area (Å²) >= 11 is 0.962. The van der Waals surface area contributed by atoms with Crippen molar-refractivity contribution in [2.24, 2.45) is 0 Å². The first kappa shape index (κ1) is 13.1. The first-order valence-corrected chi connectivity index (χ1v) is 6.45. The van der Waals surface area contributed by atoms with Crippen molar-refractivity contribution >= 4 is 22.6 Å². The van der Waals surface area contributed by atoms with E-state index in [0.717, 1.165) is 11.5 Å². The van der Waals surface area contributed by atoms with Gasteiger partial charge in [-0.1, -0.05) is 0 Å². The van der Waals surface area contributed by atoms with Crippen LogP contribution in [0.1, 0.15) is 10.6 Å². The van der Waals surface area contributed by atoms with Crippen molar-refractivity contribution in [3.05, 3.63) is 46.4 Å². The molecule has 1 aromatic carbocycles. The van der Waals surface area contributed by atoms with Gasteiger partial charge in [-0.05, 0) is 24.3 Å². The molecule has 0 aliphatic carbocycles. The lowest BCUT2D eigenvalue weighted by molar-refractivity contribution is 0.101. The molecule has 106 valence electrons. The minimum Gasteiger partial charge on any atom is -0.294 e. The summed E-state index contributed by atoms with van der Waals surface area (Å²) in [7, 11) is 0. The first-order chi connectivity index (χ1) is 10.1. The van der Waals surface area contributed by atoms with E-state index in [9.17, 15) is 14.0 Å².